The Morgan fingerprint density at radius 3 is 2.60 bits per heavy atom. The highest BCUT2D eigenvalue weighted by molar-refractivity contribution is 6.18. The first-order valence-corrected chi connectivity index (χ1v) is 6.43. The molecule has 90 valence electrons. The fourth-order valence-electron chi connectivity index (χ4n) is 1.85. The first-order chi connectivity index (χ1) is 6.91. The fraction of sp³-hybridized carbons (Fsp3) is 1.00. The molecule has 0 radical (unpaired) electrons. The summed E-state index contributed by atoms with van der Waals surface area (Å²) >= 11 is 5.95. The summed E-state index contributed by atoms with van der Waals surface area (Å²) < 4.78 is 5.93. The third-order valence-corrected chi connectivity index (χ3v) is 3.98. The van der Waals surface area contributed by atoms with Crippen LogP contribution in [0.3, 0.4) is 0 Å². The minimum atomic E-state index is 0.0532. The van der Waals surface area contributed by atoms with Crippen molar-refractivity contribution in [1.82, 2.24) is 5.32 Å². The highest BCUT2D eigenvalue weighted by Gasteiger charge is 2.32. The van der Waals surface area contributed by atoms with E-state index in [1.165, 1.54) is 0 Å². The lowest BCUT2D eigenvalue weighted by molar-refractivity contribution is -0.0165. The molecule has 15 heavy (non-hydrogen) atoms. The zero-order valence-corrected chi connectivity index (χ0v) is 11.2. The molecule has 2 nitrogen and oxygen atoms in total. The SMILES string of the molecule is CCC(C)(CCl)NCC1CCC(C)(C)O1. The van der Waals surface area contributed by atoms with Crippen molar-refractivity contribution in [2.75, 3.05) is 12.4 Å². The van der Waals surface area contributed by atoms with Crippen molar-refractivity contribution in [3.05, 3.63) is 0 Å². The minimum absolute atomic E-state index is 0.0532. The molecular formula is C12H24ClNO. The van der Waals surface area contributed by atoms with Crippen LogP contribution >= 0.6 is 11.6 Å². The molecule has 0 amide bonds. The van der Waals surface area contributed by atoms with Crippen LogP contribution in [0, 0.1) is 0 Å². The van der Waals surface area contributed by atoms with Crippen LogP contribution in [0.1, 0.15) is 47.0 Å². The minimum Gasteiger partial charge on any atom is -0.371 e. The lowest BCUT2D eigenvalue weighted by Crippen LogP contribution is -2.47. The lowest BCUT2D eigenvalue weighted by atomic mass is 10.0. The average molecular weight is 234 g/mol. The summed E-state index contributed by atoms with van der Waals surface area (Å²) in [7, 11) is 0. The molecule has 1 fully saturated rings. The number of ether oxygens (including phenoxy) is 1. The topological polar surface area (TPSA) is 21.3 Å². The Morgan fingerprint density at radius 1 is 1.53 bits per heavy atom. The number of rotatable bonds is 5. The molecule has 0 aromatic carbocycles. The van der Waals surface area contributed by atoms with E-state index in [2.05, 4.69) is 33.0 Å². The highest BCUT2D eigenvalue weighted by atomic mass is 35.5. The molecule has 0 aromatic heterocycles. The molecule has 1 rings (SSSR count). The zero-order valence-electron chi connectivity index (χ0n) is 10.4. The summed E-state index contributed by atoms with van der Waals surface area (Å²) in [6.07, 6.45) is 3.71. The highest BCUT2D eigenvalue weighted by Crippen LogP contribution is 2.29. The number of alkyl halides is 1. The van der Waals surface area contributed by atoms with Crippen LogP contribution in [-0.2, 0) is 4.74 Å². The normalized spacial score (nSPS) is 29.0. The first-order valence-electron chi connectivity index (χ1n) is 5.89. The standard InChI is InChI=1S/C12H24ClNO/c1-5-12(4,9-13)14-8-10-6-7-11(2,3)15-10/h10,14H,5-9H2,1-4H3. The second kappa shape index (κ2) is 5.03. The van der Waals surface area contributed by atoms with Crippen LogP contribution < -0.4 is 5.32 Å². The Labute approximate surface area is 98.7 Å². The van der Waals surface area contributed by atoms with Gasteiger partial charge in [0.05, 0.1) is 11.7 Å². The number of hydrogen-bond donors (Lipinski definition) is 1. The van der Waals surface area contributed by atoms with Crippen molar-refractivity contribution in [2.45, 2.75) is 64.2 Å². The maximum Gasteiger partial charge on any atom is 0.0708 e. The molecular weight excluding hydrogens is 210 g/mol. The zero-order chi connectivity index (χ0) is 11.5. The third-order valence-electron chi connectivity index (χ3n) is 3.39. The van der Waals surface area contributed by atoms with Gasteiger partial charge in [0.15, 0.2) is 0 Å². The van der Waals surface area contributed by atoms with Gasteiger partial charge in [-0.1, -0.05) is 6.92 Å². The van der Waals surface area contributed by atoms with Gasteiger partial charge in [0.25, 0.3) is 0 Å². The van der Waals surface area contributed by atoms with Crippen LogP contribution in [0.15, 0.2) is 0 Å². The van der Waals surface area contributed by atoms with Crippen molar-refractivity contribution in [2.24, 2.45) is 0 Å². The van der Waals surface area contributed by atoms with Gasteiger partial charge >= 0.3 is 0 Å². The molecule has 0 bridgehead atoms. The average Bonchev–Trinajstić information content (AvgIpc) is 2.55. The third kappa shape index (κ3) is 3.93. The van der Waals surface area contributed by atoms with Crippen LogP contribution in [0.5, 0.6) is 0 Å². The van der Waals surface area contributed by atoms with Gasteiger partial charge in [-0.25, -0.2) is 0 Å². The monoisotopic (exact) mass is 233 g/mol. The molecule has 0 saturated carbocycles. The van der Waals surface area contributed by atoms with Gasteiger partial charge in [0.2, 0.25) is 0 Å². The molecule has 3 heteroatoms. The van der Waals surface area contributed by atoms with E-state index >= 15 is 0 Å². The molecule has 2 unspecified atom stereocenters. The number of nitrogens with one attached hydrogen (secondary N) is 1. The Bertz CT molecular complexity index is 202. The molecule has 1 aliphatic heterocycles. The maximum atomic E-state index is 5.95. The molecule has 1 saturated heterocycles. The molecule has 0 spiro atoms. The first kappa shape index (κ1) is 13.3. The van der Waals surface area contributed by atoms with E-state index in [-0.39, 0.29) is 11.1 Å². The van der Waals surface area contributed by atoms with Gasteiger partial charge in [-0.3, -0.25) is 0 Å². The van der Waals surface area contributed by atoms with Crippen molar-refractivity contribution in [1.29, 1.82) is 0 Å². The van der Waals surface area contributed by atoms with Gasteiger partial charge in [0.1, 0.15) is 0 Å². The van der Waals surface area contributed by atoms with E-state index in [9.17, 15) is 0 Å². The van der Waals surface area contributed by atoms with E-state index in [1.54, 1.807) is 0 Å². The molecule has 1 N–H and O–H groups in total. The molecule has 1 heterocycles. The summed E-state index contributed by atoms with van der Waals surface area (Å²) in [5, 5.41) is 3.52. The van der Waals surface area contributed by atoms with Crippen LogP contribution in [-0.4, -0.2) is 29.7 Å². The lowest BCUT2D eigenvalue weighted by Gasteiger charge is -2.29. The van der Waals surface area contributed by atoms with E-state index < -0.39 is 0 Å². The Morgan fingerprint density at radius 2 is 2.20 bits per heavy atom. The van der Waals surface area contributed by atoms with E-state index in [0.29, 0.717) is 12.0 Å². The van der Waals surface area contributed by atoms with Gasteiger partial charge in [-0.05, 0) is 40.0 Å². The van der Waals surface area contributed by atoms with Gasteiger partial charge in [0, 0.05) is 18.0 Å². The summed E-state index contributed by atoms with van der Waals surface area (Å²) in [5.74, 6) is 0.652. The smallest absolute Gasteiger partial charge is 0.0708 e. The predicted octanol–water partition coefficient (Wildman–Crippen LogP) is 2.94. The van der Waals surface area contributed by atoms with Gasteiger partial charge in [-0.2, -0.15) is 0 Å². The Balaban J connectivity index is 2.32. The summed E-state index contributed by atoms with van der Waals surface area (Å²) in [6.45, 7) is 9.57. The Kier molecular flexibility index (Phi) is 4.45. The second-order valence-corrected chi connectivity index (χ2v) is 5.73. The van der Waals surface area contributed by atoms with Crippen molar-refractivity contribution in [3.63, 3.8) is 0 Å². The van der Waals surface area contributed by atoms with Crippen molar-refractivity contribution in [3.8, 4) is 0 Å². The fourth-order valence-corrected chi connectivity index (χ4v) is 2.13. The largest absolute Gasteiger partial charge is 0.371 e. The molecule has 1 aliphatic rings. The Hall–Kier alpha value is 0.210. The van der Waals surface area contributed by atoms with Gasteiger partial charge < -0.3 is 10.1 Å². The molecule has 2 atom stereocenters. The number of halogens is 1. The summed E-state index contributed by atoms with van der Waals surface area (Å²) in [4.78, 5) is 0. The predicted molar refractivity (Wildman–Crippen MR) is 65.6 cm³/mol. The van der Waals surface area contributed by atoms with Crippen LogP contribution in [0.25, 0.3) is 0 Å². The second-order valence-electron chi connectivity index (χ2n) is 5.47. The van der Waals surface area contributed by atoms with Crippen molar-refractivity contribution < 1.29 is 4.74 Å². The summed E-state index contributed by atoms with van der Waals surface area (Å²) in [5.41, 5.74) is 0.119. The van der Waals surface area contributed by atoms with Crippen LogP contribution in [0.4, 0.5) is 0 Å². The molecule has 0 aromatic rings. The summed E-state index contributed by atoms with van der Waals surface area (Å²) in [6, 6.07) is 0. The van der Waals surface area contributed by atoms with E-state index in [0.717, 1.165) is 25.8 Å². The van der Waals surface area contributed by atoms with Gasteiger partial charge in [-0.15, -0.1) is 11.6 Å². The maximum absolute atomic E-state index is 5.95. The van der Waals surface area contributed by atoms with E-state index in [4.69, 9.17) is 16.3 Å². The van der Waals surface area contributed by atoms with E-state index in [1.807, 2.05) is 0 Å². The van der Waals surface area contributed by atoms with Crippen molar-refractivity contribution >= 4 is 11.6 Å². The molecule has 0 aliphatic carbocycles. The van der Waals surface area contributed by atoms with Crippen LogP contribution in [0.2, 0.25) is 0 Å². The quantitative estimate of drug-likeness (QED) is 0.738. The number of hydrogen-bond acceptors (Lipinski definition) is 2.